The monoisotopic (exact) mass is 333 g/mol. The number of carbonyl (C=O) groups excluding carboxylic acids is 2. The third-order valence-electron chi connectivity index (χ3n) is 4.05. The minimum Gasteiger partial charge on any atom is -0.468 e. The predicted octanol–water partition coefficient (Wildman–Crippen LogP) is 2.36. The number of rotatable bonds is 3. The van der Waals surface area contributed by atoms with Crippen molar-refractivity contribution in [1.29, 1.82) is 0 Å². The van der Waals surface area contributed by atoms with Gasteiger partial charge in [-0.1, -0.05) is 12.1 Å². The molecule has 1 saturated heterocycles. The average Bonchev–Trinajstić information content (AvgIpc) is 3.03. The molecule has 0 saturated carbocycles. The van der Waals surface area contributed by atoms with Gasteiger partial charge in [-0.2, -0.15) is 0 Å². The standard InChI is InChI=1S/C16H19N3O3S/c1-22-14(20)10-17-16(21)19-8-6-11(7-9-19)15-18-12-4-2-3-5-13(12)23-15/h2-5,11H,6-10H2,1H3,(H,17,21). The Bertz CT molecular complexity index is 674. The first kappa shape index (κ1) is 15.7. The number of ether oxygens (including phenoxy) is 1. The van der Waals surface area contributed by atoms with Gasteiger partial charge in [-0.05, 0) is 25.0 Å². The molecule has 0 radical (unpaired) electrons. The van der Waals surface area contributed by atoms with Crippen LogP contribution in [0.4, 0.5) is 4.79 Å². The summed E-state index contributed by atoms with van der Waals surface area (Å²) in [4.78, 5) is 29.5. The Hall–Kier alpha value is -2.15. The second-order valence-corrected chi connectivity index (χ2v) is 6.58. The highest BCUT2D eigenvalue weighted by molar-refractivity contribution is 7.18. The topological polar surface area (TPSA) is 71.5 Å². The molecule has 1 fully saturated rings. The Kier molecular flexibility index (Phi) is 4.76. The molecule has 0 unspecified atom stereocenters. The van der Waals surface area contributed by atoms with Crippen LogP contribution in [0.5, 0.6) is 0 Å². The molecule has 1 aromatic heterocycles. The van der Waals surface area contributed by atoms with E-state index < -0.39 is 5.97 Å². The van der Waals surface area contributed by atoms with Crippen molar-refractivity contribution in [2.45, 2.75) is 18.8 Å². The van der Waals surface area contributed by atoms with E-state index in [0.29, 0.717) is 19.0 Å². The summed E-state index contributed by atoms with van der Waals surface area (Å²) < 4.78 is 5.72. The Morgan fingerprint density at radius 1 is 1.35 bits per heavy atom. The first-order valence-electron chi connectivity index (χ1n) is 7.62. The van der Waals surface area contributed by atoms with Gasteiger partial charge in [-0.25, -0.2) is 9.78 Å². The lowest BCUT2D eigenvalue weighted by molar-refractivity contribution is -0.139. The summed E-state index contributed by atoms with van der Waals surface area (Å²) in [5.41, 5.74) is 1.05. The summed E-state index contributed by atoms with van der Waals surface area (Å²) in [5, 5.41) is 3.73. The second kappa shape index (κ2) is 6.95. The van der Waals surface area contributed by atoms with Crippen molar-refractivity contribution in [3.63, 3.8) is 0 Å². The van der Waals surface area contributed by atoms with Crippen molar-refractivity contribution in [2.24, 2.45) is 0 Å². The summed E-state index contributed by atoms with van der Waals surface area (Å²) in [6.45, 7) is 1.26. The number of thiazole rings is 1. The van der Waals surface area contributed by atoms with Gasteiger partial charge < -0.3 is 15.0 Å². The lowest BCUT2D eigenvalue weighted by Gasteiger charge is -2.31. The van der Waals surface area contributed by atoms with E-state index in [1.165, 1.54) is 11.8 Å². The second-order valence-electron chi connectivity index (χ2n) is 5.52. The number of benzene rings is 1. The van der Waals surface area contributed by atoms with Gasteiger partial charge in [-0.15, -0.1) is 11.3 Å². The largest absolute Gasteiger partial charge is 0.468 e. The normalized spacial score (nSPS) is 15.6. The summed E-state index contributed by atoms with van der Waals surface area (Å²) in [7, 11) is 1.30. The van der Waals surface area contributed by atoms with Crippen LogP contribution in [0.1, 0.15) is 23.8 Å². The number of hydrogen-bond acceptors (Lipinski definition) is 5. The predicted molar refractivity (Wildman–Crippen MR) is 88.6 cm³/mol. The zero-order valence-corrected chi connectivity index (χ0v) is 13.8. The fourth-order valence-electron chi connectivity index (χ4n) is 2.73. The van der Waals surface area contributed by atoms with Crippen molar-refractivity contribution < 1.29 is 14.3 Å². The third kappa shape index (κ3) is 3.61. The molecular weight excluding hydrogens is 314 g/mol. The number of piperidine rings is 1. The SMILES string of the molecule is COC(=O)CNC(=O)N1CCC(c2nc3ccccc3s2)CC1. The molecule has 1 aromatic carbocycles. The molecule has 0 bridgehead atoms. The number of aromatic nitrogens is 1. The molecule has 7 heteroatoms. The number of para-hydroxylation sites is 1. The Balaban J connectivity index is 1.55. The van der Waals surface area contributed by atoms with Crippen molar-refractivity contribution in [3.05, 3.63) is 29.3 Å². The number of methoxy groups -OCH3 is 1. The number of amides is 2. The van der Waals surface area contributed by atoms with E-state index in [1.54, 1.807) is 16.2 Å². The highest BCUT2D eigenvalue weighted by atomic mass is 32.1. The zero-order valence-electron chi connectivity index (χ0n) is 12.9. The van der Waals surface area contributed by atoms with Crippen LogP contribution in [-0.2, 0) is 9.53 Å². The van der Waals surface area contributed by atoms with Crippen LogP contribution in [-0.4, -0.2) is 48.6 Å². The van der Waals surface area contributed by atoms with E-state index in [9.17, 15) is 9.59 Å². The fourth-order valence-corrected chi connectivity index (χ4v) is 3.86. The molecule has 2 amide bonds. The molecular formula is C16H19N3O3S. The van der Waals surface area contributed by atoms with Crippen molar-refractivity contribution in [3.8, 4) is 0 Å². The van der Waals surface area contributed by atoms with Gasteiger partial charge in [0, 0.05) is 19.0 Å². The van der Waals surface area contributed by atoms with E-state index in [1.807, 2.05) is 18.2 Å². The third-order valence-corrected chi connectivity index (χ3v) is 5.25. The zero-order chi connectivity index (χ0) is 16.2. The molecule has 122 valence electrons. The van der Waals surface area contributed by atoms with Gasteiger partial charge in [0.1, 0.15) is 6.54 Å². The first-order chi connectivity index (χ1) is 11.2. The molecule has 3 rings (SSSR count). The first-order valence-corrected chi connectivity index (χ1v) is 8.44. The highest BCUT2D eigenvalue weighted by Gasteiger charge is 2.26. The maximum Gasteiger partial charge on any atom is 0.325 e. The maximum absolute atomic E-state index is 12.0. The van der Waals surface area contributed by atoms with Crippen LogP contribution < -0.4 is 5.32 Å². The van der Waals surface area contributed by atoms with Crippen LogP contribution in [0, 0.1) is 0 Å². The van der Waals surface area contributed by atoms with Gasteiger partial charge in [0.2, 0.25) is 0 Å². The molecule has 0 atom stereocenters. The molecule has 1 aliphatic heterocycles. The quantitative estimate of drug-likeness (QED) is 0.875. The van der Waals surface area contributed by atoms with Gasteiger partial charge in [0.05, 0.1) is 22.3 Å². The van der Waals surface area contributed by atoms with Crippen molar-refractivity contribution >= 4 is 33.6 Å². The van der Waals surface area contributed by atoms with Gasteiger partial charge >= 0.3 is 12.0 Å². The number of esters is 1. The highest BCUT2D eigenvalue weighted by Crippen LogP contribution is 2.33. The van der Waals surface area contributed by atoms with Gasteiger partial charge in [0.15, 0.2) is 0 Å². The summed E-state index contributed by atoms with van der Waals surface area (Å²) in [6, 6.07) is 7.94. The molecule has 1 aliphatic rings. The number of likely N-dealkylation sites (tertiary alicyclic amines) is 1. The van der Waals surface area contributed by atoms with E-state index in [0.717, 1.165) is 23.4 Å². The Morgan fingerprint density at radius 3 is 2.78 bits per heavy atom. The molecule has 1 N–H and O–H groups in total. The smallest absolute Gasteiger partial charge is 0.325 e. The van der Waals surface area contributed by atoms with Crippen LogP contribution in [0.25, 0.3) is 10.2 Å². The van der Waals surface area contributed by atoms with Crippen LogP contribution in [0.15, 0.2) is 24.3 Å². The van der Waals surface area contributed by atoms with Crippen LogP contribution >= 0.6 is 11.3 Å². The van der Waals surface area contributed by atoms with E-state index in [-0.39, 0.29) is 12.6 Å². The van der Waals surface area contributed by atoms with Crippen molar-refractivity contribution in [2.75, 3.05) is 26.7 Å². The summed E-state index contributed by atoms with van der Waals surface area (Å²) >= 11 is 1.74. The number of nitrogens with one attached hydrogen (secondary N) is 1. The summed E-state index contributed by atoms with van der Waals surface area (Å²) in [5.74, 6) is -0.0419. The van der Waals surface area contributed by atoms with E-state index in [4.69, 9.17) is 4.98 Å². The lowest BCUT2D eigenvalue weighted by Crippen LogP contribution is -2.45. The molecule has 2 heterocycles. The van der Waals surface area contributed by atoms with E-state index >= 15 is 0 Å². The summed E-state index contributed by atoms with van der Waals surface area (Å²) in [6.07, 6.45) is 1.79. The number of carbonyl (C=O) groups is 2. The minimum atomic E-state index is -0.442. The Morgan fingerprint density at radius 2 is 2.09 bits per heavy atom. The van der Waals surface area contributed by atoms with Crippen LogP contribution in [0.3, 0.4) is 0 Å². The average molecular weight is 333 g/mol. The Labute approximate surface area is 138 Å². The lowest BCUT2D eigenvalue weighted by atomic mass is 9.98. The van der Waals surface area contributed by atoms with Gasteiger partial charge in [-0.3, -0.25) is 4.79 Å². The van der Waals surface area contributed by atoms with Crippen molar-refractivity contribution in [1.82, 2.24) is 15.2 Å². The van der Waals surface area contributed by atoms with Crippen LogP contribution in [0.2, 0.25) is 0 Å². The molecule has 0 aliphatic carbocycles. The number of urea groups is 1. The number of hydrogen-bond donors (Lipinski definition) is 1. The maximum atomic E-state index is 12.0. The minimum absolute atomic E-state index is 0.0901. The van der Waals surface area contributed by atoms with E-state index in [2.05, 4.69) is 16.1 Å². The molecule has 0 spiro atoms. The van der Waals surface area contributed by atoms with Gasteiger partial charge in [0.25, 0.3) is 0 Å². The number of fused-ring (bicyclic) bond motifs is 1. The molecule has 23 heavy (non-hydrogen) atoms. The fraction of sp³-hybridized carbons (Fsp3) is 0.438. The number of nitrogens with zero attached hydrogens (tertiary/aromatic N) is 2. The molecule has 6 nitrogen and oxygen atoms in total. The molecule has 2 aromatic rings.